The zero-order valence-corrected chi connectivity index (χ0v) is 19.2. The molecule has 2 aromatic carbocycles. The Morgan fingerprint density at radius 3 is 2.42 bits per heavy atom. The average Bonchev–Trinajstić information content (AvgIpc) is 2.74. The number of carbonyl (C=O) groups is 1. The minimum absolute atomic E-state index is 0.0633. The van der Waals surface area contributed by atoms with Gasteiger partial charge in [0, 0.05) is 38.4 Å². The second-order valence-electron chi connectivity index (χ2n) is 8.24. The lowest BCUT2D eigenvalue weighted by molar-refractivity contribution is -0.122. The number of ether oxygens (including phenoxy) is 1. The molecule has 0 unspecified atom stereocenters. The minimum atomic E-state index is -3.20. The first-order valence-electron chi connectivity index (χ1n) is 10.8. The molecular formula is C24H32N2O4S. The van der Waals surface area contributed by atoms with Crippen molar-refractivity contribution in [2.24, 2.45) is 0 Å². The van der Waals surface area contributed by atoms with Gasteiger partial charge in [0.2, 0.25) is 5.91 Å². The number of sulfone groups is 1. The number of piperidine rings is 1. The van der Waals surface area contributed by atoms with Crippen LogP contribution in [-0.4, -0.2) is 51.2 Å². The molecular weight excluding hydrogens is 412 g/mol. The van der Waals surface area contributed by atoms with Gasteiger partial charge >= 0.3 is 0 Å². The summed E-state index contributed by atoms with van der Waals surface area (Å²) < 4.78 is 28.6. The maximum Gasteiger partial charge on any atom is 0.220 e. The first-order valence-corrected chi connectivity index (χ1v) is 12.7. The highest BCUT2D eigenvalue weighted by atomic mass is 32.2. The van der Waals surface area contributed by atoms with Gasteiger partial charge in [-0.3, -0.25) is 9.69 Å². The van der Waals surface area contributed by atoms with Crippen LogP contribution in [0.25, 0.3) is 0 Å². The number of hydrogen-bond acceptors (Lipinski definition) is 5. The molecule has 0 radical (unpaired) electrons. The van der Waals surface area contributed by atoms with E-state index in [-0.39, 0.29) is 16.8 Å². The van der Waals surface area contributed by atoms with Crippen LogP contribution < -0.4 is 10.1 Å². The highest BCUT2D eigenvalue weighted by Gasteiger charge is 2.20. The summed E-state index contributed by atoms with van der Waals surface area (Å²) in [5.41, 5.74) is 2.70. The zero-order valence-electron chi connectivity index (χ0n) is 18.3. The second-order valence-corrected chi connectivity index (χ2v) is 10.3. The van der Waals surface area contributed by atoms with Gasteiger partial charge in [-0.15, -0.1) is 0 Å². The third-order valence-corrected chi connectivity index (χ3v) is 6.81. The van der Waals surface area contributed by atoms with Gasteiger partial charge in [0.15, 0.2) is 9.84 Å². The third-order valence-electron chi connectivity index (χ3n) is 5.68. The van der Waals surface area contributed by atoms with Crippen molar-refractivity contribution in [2.75, 3.05) is 26.0 Å². The Morgan fingerprint density at radius 2 is 1.77 bits per heavy atom. The van der Waals surface area contributed by atoms with Crippen molar-refractivity contribution in [2.45, 2.75) is 50.1 Å². The maximum absolute atomic E-state index is 12.2. The fourth-order valence-corrected chi connectivity index (χ4v) is 4.40. The largest absolute Gasteiger partial charge is 0.494 e. The van der Waals surface area contributed by atoms with Crippen LogP contribution in [0, 0.1) is 6.92 Å². The Kier molecular flexibility index (Phi) is 8.09. The van der Waals surface area contributed by atoms with Gasteiger partial charge in [-0.1, -0.05) is 24.3 Å². The first-order chi connectivity index (χ1) is 14.8. The van der Waals surface area contributed by atoms with Crippen LogP contribution in [0.5, 0.6) is 5.75 Å². The van der Waals surface area contributed by atoms with Crippen molar-refractivity contribution in [3.8, 4) is 5.75 Å². The number of carbonyl (C=O) groups excluding carboxylic acids is 1. The predicted molar refractivity (Wildman–Crippen MR) is 122 cm³/mol. The van der Waals surface area contributed by atoms with Crippen molar-refractivity contribution in [3.63, 3.8) is 0 Å². The Labute approximate surface area is 185 Å². The molecule has 7 heteroatoms. The van der Waals surface area contributed by atoms with E-state index in [2.05, 4.69) is 41.4 Å². The molecule has 1 fully saturated rings. The number of aryl methyl sites for hydroxylation is 1. The number of hydrogen-bond donors (Lipinski definition) is 1. The van der Waals surface area contributed by atoms with E-state index in [0.717, 1.165) is 32.5 Å². The second kappa shape index (κ2) is 10.8. The minimum Gasteiger partial charge on any atom is -0.494 e. The highest BCUT2D eigenvalue weighted by molar-refractivity contribution is 7.90. The molecule has 0 aliphatic carbocycles. The number of rotatable bonds is 9. The maximum atomic E-state index is 12.2. The molecule has 0 saturated carbocycles. The van der Waals surface area contributed by atoms with E-state index in [0.29, 0.717) is 25.2 Å². The molecule has 1 aliphatic rings. The third kappa shape index (κ3) is 7.36. The van der Waals surface area contributed by atoms with Crippen molar-refractivity contribution in [1.82, 2.24) is 10.2 Å². The fraction of sp³-hybridized carbons (Fsp3) is 0.458. The van der Waals surface area contributed by atoms with E-state index in [4.69, 9.17) is 4.74 Å². The summed E-state index contributed by atoms with van der Waals surface area (Å²) in [7, 11) is -3.20. The molecule has 3 rings (SSSR count). The zero-order chi connectivity index (χ0) is 22.3. The molecule has 0 spiro atoms. The predicted octanol–water partition coefficient (Wildman–Crippen LogP) is 3.34. The van der Waals surface area contributed by atoms with Gasteiger partial charge in [-0.2, -0.15) is 0 Å². The van der Waals surface area contributed by atoms with Crippen LogP contribution in [0.1, 0.15) is 36.8 Å². The number of likely N-dealkylation sites (tertiary alicyclic amines) is 1. The standard InChI is InChI=1S/C24H32N2O4S/c1-19-6-3-4-7-20(19)18-26-15-13-21(14-16-26)25-24(27)8-5-17-30-22-9-11-23(12-10-22)31(2,28)29/h3-4,6-7,9-12,21H,5,8,13-18H2,1-2H3,(H,25,27). The quantitative estimate of drug-likeness (QED) is 0.601. The molecule has 2 aromatic rings. The summed E-state index contributed by atoms with van der Waals surface area (Å²) in [5, 5.41) is 3.15. The summed E-state index contributed by atoms with van der Waals surface area (Å²) in [6, 6.07) is 15.1. The Morgan fingerprint density at radius 1 is 1.10 bits per heavy atom. The number of nitrogens with zero attached hydrogens (tertiary/aromatic N) is 1. The van der Waals surface area contributed by atoms with E-state index in [1.807, 2.05) is 0 Å². The van der Waals surface area contributed by atoms with Gasteiger partial charge in [0.25, 0.3) is 0 Å². The number of benzene rings is 2. The van der Waals surface area contributed by atoms with Crippen molar-refractivity contribution >= 4 is 15.7 Å². The van der Waals surface area contributed by atoms with Crippen LogP contribution >= 0.6 is 0 Å². The molecule has 0 atom stereocenters. The van der Waals surface area contributed by atoms with Crippen LogP contribution in [-0.2, 0) is 21.2 Å². The summed E-state index contributed by atoms with van der Waals surface area (Å²) in [5.74, 6) is 0.669. The lowest BCUT2D eigenvalue weighted by atomic mass is 10.0. The van der Waals surface area contributed by atoms with Gasteiger partial charge in [-0.25, -0.2) is 8.42 Å². The SMILES string of the molecule is Cc1ccccc1CN1CCC(NC(=O)CCCOc2ccc(S(C)(=O)=O)cc2)CC1. The van der Waals surface area contributed by atoms with Gasteiger partial charge in [0.05, 0.1) is 11.5 Å². The molecule has 1 aliphatic heterocycles. The first kappa shape index (κ1) is 23.3. The molecule has 6 nitrogen and oxygen atoms in total. The molecule has 1 N–H and O–H groups in total. The topological polar surface area (TPSA) is 75.7 Å². The molecule has 0 aromatic heterocycles. The molecule has 0 bridgehead atoms. The lowest BCUT2D eigenvalue weighted by Crippen LogP contribution is -2.44. The summed E-state index contributed by atoms with van der Waals surface area (Å²) in [4.78, 5) is 15.0. The van der Waals surface area contributed by atoms with Crippen LogP contribution in [0.15, 0.2) is 53.4 Å². The molecule has 168 valence electrons. The van der Waals surface area contributed by atoms with Crippen molar-refractivity contribution < 1.29 is 17.9 Å². The molecule has 1 amide bonds. The summed E-state index contributed by atoms with van der Waals surface area (Å²) >= 11 is 0. The Balaban J connectivity index is 1.31. The van der Waals surface area contributed by atoms with E-state index < -0.39 is 9.84 Å². The normalized spacial score (nSPS) is 15.5. The molecule has 1 heterocycles. The average molecular weight is 445 g/mol. The van der Waals surface area contributed by atoms with E-state index >= 15 is 0 Å². The summed E-state index contributed by atoms with van der Waals surface area (Å²) in [6.07, 6.45) is 4.16. The van der Waals surface area contributed by atoms with Crippen LogP contribution in [0.3, 0.4) is 0 Å². The van der Waals surface area contributed by atoms with Gasteiger partial charge in [0.1, 0.15) is 5.75 Å². The lowest BCUT2D eigenvalue weighted by Gasteiger charge is -2.32. The summed E-state index contributed by atoms with van der Waals surface area (Å²) in [6.45, 7) is 5.52. The van der Waals surface area contributed by atoms with Crippen LogP contribution in [0.2, 0.25) is 0 Å². The number of amides is 1. The van der Waals surface area contributed by atoms with Crippen molar-refractivity contribution in [1.29, 1.82) is 0 Å². The van der Waals surface area contributed by atoms with Gasteiger partial charge < -0.3 is 10.1 Å². The smallest absolute Gasteiger partial charge is 0.220 e. The van der Waals surface area contributed by atoms with E-state index in [9.17, 15) is 13.2 Å². The van der Waals surface area contributed by atoms with Crippen molar-refractivity contribution in [3.05, 3.63) is 59.7 Å². The fourth-order valence-electron chi connectivity index (χ4n) is 3.77. The Bertz CT molecular complexity index is 965. The highest BCUT2D eigenvalue weighted by Crippen LogP contribution is 2.17. The molecule has 1 saturated heterocycles. The van der Waals surface area contributed by atoms with E-state index in [1.165, 1.54) is 29.5 Å². The van der Waals surface area contributed by atoms with Crippen LogP contribution in [0.4, 0.5) is 0 Å². The van der Waals surface area contributed by atoms with E-state index in [1.54, 1.807) is 12.1 Å². The van der Waals surface area contributed by atoms with Gasteiger partial charge in [-0.05, 0) is 61.6 Å². The Hall–Kier alpha value is -2.38. The molecule has 31 heavy (non-hydrogen) atoms. The monoisotopic (exact) mass is 444 g/mol. The number of nitrogens with one attached hydrogen (secondary N) is 1.